The second-order valence-electron chi connectivity index (χ2n) is 10.8. The minimum absolute atomic E-state index is 0.934. The second-order valence-corrected chi connectivity index (χ2v) is 10.8. The molecule has 1 aromatic heterocycles. The van der Waals surface area contributed by atoms with Crippen molar-refractivity contribution in [2.75, 3.05) is 0 Å². The minimum atomic E-state index is 0.934. The van der Waals surface area contributed by atoms with Crippen molar-refractivity contribution >= 4 is 54.3 Å². The quantitative estimate of drug-likeness (QED) is 0.167. The highest BCUT2D eigenvalue weighted by atomic mass is 16.3. The molecule has 0 saturated heterocycles. The van der Waals surface area contributed by atoms with Crippen molar-refractivity contribution < 1.29 is 4.42 Å². The molecule has 0 radical (unpaired) electrons. The molecule has 0 unspecified atom stereocenters. The van der Waals surface area contributed by atoms with E-state index >= 15 is 0 Å². The Balaban J connectivity index is 1.42. The number of hydrogen-bond donors (Lipinski definition) is 0. The van der Waals surface area contributed by atoms with Gasteiger partial charge in [0.05, 0.1) is 0 Å². The lowest BCUT2D eigenvalue weighted by atomic mass is 9.84. The fraction of sp³-hybridized carbons (Fsp3) is 0. The zero-order valence-corrected chi connectivity index (χ0v) is 22.3. The van der Waals surface area contributed by atoms with Gasteiger partial charge in [-0.2, -0.15) is 0 Å². The van der Waals surface area contributed by atoms with E-state index in [1.54, 1.807) is 0 Å². The van der Waals surface area contributed by atoms with E-state index in [0.717, 1.165) is 11.2 Å². The summed E-state index contributed by atoms with van der Waals surface area (Å²) in [5.41, 5.74) is 9.36. The molecule has 190 valence electrons. The topological polar surface area (TPSA) is 13.1 Å². The molecule has 1 nitrogen and oxygen atoms in total. The van der Waals surface area contributed by atoms with Crippen LogP contribution in [0.1, 0.15) is 0 Å². The summed E-state index contributed by atoms with van der Waals surface area (Å²) in [6.45, 7) is 0. The normalized spacial score (nSPS) is 11.9. The Morgan fingerprint density at radius 3 is 1.29 bits per heavy atom. The standard InChI is InChI=1S/C40H24O/c1-3-11-25(12-4-1)27-21-23-35-39-32(27)19-20-34-33(22-24-36(41-35)40(34)39)38-30-17-9-7-15-28(30)37(26-13-5-2-6-14-26)29-16-8-10-18-31(29)38/h1-24H. The highest BCUT2D eigenvalue weighted by Crippen LogP contribution is 2.48. The molecule has 0 amide bonds. The van der Waals surface area contributed by atoms with Crippen molar-refractivity contribution in [1.29, 1.82) is 0 Å². The van der Waals surface area contributed by atoms with E-state index in [4.69, 9.17) is 4.42 Å². The van der Waals surface area contributed by atoms with E-state index < -0.39 is 0 Å². The molecule has 1 heteroatoms. The van der Waals surface area contributed by atoms with Gasteiger partial charge in [0.15, 0.2) is 0 Å². The first kappa shape index (κ1) is 22.4. The van der Waals surface area contributed by atoms with E-state index in [1.165, 1.54) is 76.5 Å². The van der Waals surface area contributed by atoms with Crippen LogP contribution >= 0.6 is 0 Å². The number of rotatable bonds is 3. The highest BCUT2D eigenvalue weighted by molar-refractivity contribution is 6.29. The zero-order valence-electron chi connectivity index (χ0n) is 22.3. The number of furan rings is 1. The van der Waals surface area contributed by atoms with Gasteiger partial charge in [-0.3, -0.25) is 0 Å². The maximum Gasteiger partial charge on any atom is 0.136 e. The molecule has 0 bridgehead atoms. The summed E-state index contributed by atoms with van der Waals surface area (Å²) >= 11 is 0. The van der Waals surface area contributed by atoms with Crippen LogP contribution in [0.3, 0.4) is 0 Å². The van der Waals surface area contributed by atoms with Crippen molar-refractivity contribution in [3.63, 3.8) is 0 Å². The average Bonchev–Trinajstić information content (AvgIpc) is 3.43. The average molecular weight is 521 g/mol. The smallest absolute Gasteiger partial charge is 0.136 e. The van der Waals surface area contributed by atoms with Crippen LogP contribution in [0.25, 0.3) is 87.6 Å². The zero-order chi connectivity index (χ0) is 26.9. The Kier molecular flexibility index (Phi) is 4.67. The molecule has 0 N–H and O–H groups in total. The first-order valence-electron chi connectivity index (χ1n) is 14.1. The van der Waals surface area contributed by atoms with Gasteiger partial charge in [0.2, 0.25) is 0 Å². The summed E-state index contributed by atoms with van der Waals surface area (Å²) < 4.78 is 6.45. The number of hydrogen-bond acceptors (Lipinski definition) is 1. The third-order valence-electron chi connectivity index (χ3n) is 8.65. The molecule has 0 aliphatic heterocycles. The molecule has 0 atom stereocenters. The second kappa shape index (κ2) is 8.55. The van der Waals surface area contributed by atoms with Crippen molar-refractivity contribution in [3.05, 3.63) is 146 Å². The van der Waals surface area contributed by atoms with Gasteiger partial charge < -0.3 is 4.42 Å². The van der Waals surface area contributed by atoms with Crippen molar-refractivity contribution in [1.82, 2.24) is 0 Å². The Labute approximate surface area is 237 Å². The van der Waals surface area contributed by atoms with Crippen LogP contribution in [0.4, 0.5) is 0 Å². The number of fused-ring (bicyclic) bond motifs is 2. The van der Waals surface area contributed by atoms with E-state index in [9.17, 15) is 0 Å². The van der Waals surface area contributed by atoms with Gasteiger partial charge >= 0.3 is 0 Å². The van der Waals surface area contributed by atoms with Crippen LogP contribution in [-0.4, -0.2) is 0 Å². The van der Waals surface area contributed by atoms with Gasteiger partial charge in [-0.15, -0.1) is 0 Å². The summed E-state index contributed by atoms with van der Waals surface area (Å²) in [6.07, 6.45) is 0. The van der Waals surface area contributed by atoms with E-state index in [2.05, 4.69) is 146 Å². The molecule has 0 saturated carbocycles. The molecule has 0 spiro atoms. The predicted molar refractivity (Wildman–Crippen MR) is 174 cm³/mol. The SMILES string of the molecule is c1ccc(-c2c3ccccc3c(-c3ccc4oc5ccc(-c6ccccc6)c6ccc3c4c56)c3ccccc23)cc1. The summed E-state index contributed by atoms with van der Waals surface area (Å²) in [7, 11) is 0. The van der Waals surface area contributed by atoms with Crippen LogP contribution in [-0.2, 0) is 0 Å². The van der Waals surface area contributed by atoms with Gasteiger partial charge in [0.1, 0.15) is 11.2 Å². The molecular formula is C40H24O. The maximum atomic E-state index is 6.45. The predicted octanol–water partition coefficient (Wildman–Crippen LogP) is 11.5. The van der Waals surface area contributed by atoms with E-state index in [0.29, 0.717) is 0 Å². The largest absolute Gasteiger partial charge is 0.456 e. The van der Waals surface area contributed by atoms with Gasteiger partial charge in [0.25, 0.3) is 0 Å². The molecule has 1 heterocycles. The van der Waals surface area contributed by atoms with Crippen molar-refractivity contribution in [3.8, 4) is 33.4 Å². The fourth-order valence-corrected chi connectivity index (χ4v) is 6.94. The van der Waals surface area contributed by atoms with Gasteiger partial charge in [0, 0.05) is 10.8 Å². The van der Waals surface area contributed by atoms with Crippen molar-refractivity contribution in [2.45, 2.75) is 0 Å². The molecular weight excluding hydrogens is 496 g/mol. The van der Waals surface area contributed by atoms with Crippen LogP contribution < -0.4 is 0 Å². The molecule has 9 aromatic rings. The van der Waals surface area contributed by atoms with Crippen LogP contribution in [0.5, 0.6) is 0 Å². The van der Waals surface area contributed by atoms with E-state index in [-0.39, 0.29) is 0 Å². The molecule has 0 aliphatic carbocycles. The first-order valence-corrected chi connectivity index (χ1v) is 14.1. The first-order chi connectivity index (χ1) is 20.4. The van der Waals surface area contributed by atoms with Gasteiger partial charge in [-0.1, -0.05) is 127 Å². The lowest BCUT2D eigenvalue weighted by molar-refractivity contribution is 0.669. The highest BCUT2D eigenvalue weighted by Gasteiger charge is 2.21. The Bertz CT molecular complexity index is 2340. The lowest BCUT2D eigenvalue weighted by Crippen LogP contribution is -1.91. The minimum Gasteiger partial charge on any atom is -0.456 e. The van der Waals surface area contributed by atoms with Gasteiger partial charge in [-0.05, 0) is 83.9 Å². The van der Waals surface area contributed by atoms with Crippen LogP contribution in [0.2, 0.25) is 0 Å². The van der Waals surface area contributed by atoms with Gasteiger partial charge in [-0.25, -0.2) is 0 Å². The van der Waals surface area contributed by atoms with E-state index in [1.807, 2.05) is 0 Å². The monoisotopic (exact) mass is 520 g/mol. The third-order valence-corrected chi connectivity index (χ3v) is 8.65. The summed E-state index contributed by atoms with van der Waals surface area (Å²) in [5, 5.41) is 9.92. The summed E-state index contributed by atoms with van der Waals surface area (Å²) in [5.74, 6) is 0. The molecule has 0 fully saturated rings. The Morgan fingerprint density at radius 1 is 0.293 bits per heavy atom. The molecule has 41 heavy (non-hydrogen) atoms. The lowest BCUT2D eigenvalue weighted by Gasteiger charge is -2.19. The third kappa shape index (κ3) is 3.18. The summed E-state index contributed by atoms with van der Waals surface area (Å²) in [4.78, 5) is 0. The maximum absolute atomic E-state index is 6.45. The van der Waals surface area contributed by atoms with Crippen molar-refractivity contribution in [2.24, 2.45) is 0 Å². The number of benzene rings is 8. The Morgan fingerprint density at radius 2 is 0.732 bits per heavy atom. The Hall–Kier alpha value is -5.40. The fourth-order valence-electron chi connectivity index (χ4n) is 6.94. The molecule has 9 rings (SSSR count). The molecule has 0 aliphatic rings. The summed E-state index contributed by atoms with van der Waals surface area (Å²) in [6, 6.07) is 52.4. The molecule has 8 aromatic carbocycles. The van der Waals surface area contributed by atoms with Crippen LogP contribution in [0, 0.1) is 0 Å². The van der Waals surface area contributed by atoms with Crippen LogP contribution in [0.15, 0.2) is 150 Å².